The second-order valence-electron chi connectivity index (χ2n) is 2.70. The Morgan fingerprint density at radius 1 is 1.46 bits per heavy atom. The van der Waals surface area contributed by atoms with Gasteiger partial charge in [0.05, 0.1) is 11.8 Å². The van der Waals surface area contributed by atoms with Gasteiger partial charge in [0.25, 0.3) is 0 Å². The first kappa shape index (κ1) is 9.32. The molecule has 0 fully saturated rings. The van der Waals surface area contributed by atoms with E-state index in [1.54, 1.807) is 19.1 Å². The molecule has 1 aromatic carbocycles. The summed E-state index contributed by atoms with van der Waals surface area (Å²) in [6, 6.07) is 4.87. The zero-order valence-electron chi connectivity index (χ0n) is 7.19. The summed E-state index contributed by atoms with van der Waals surface area (Å²) in [6.45, 7) is 1.72. The Balaban J connectivity index is 3.12. The highest BCUT2D eigenvalue weighted by molar-refractivity contribution is 5.89. The lowest BCUT2D eigenvalue weighted by molar-refractivity contribution is 0.0696. The van der Waals surface area contributed by atoms with Gasteiger partial charge in [0.1, 0.15) is 0 Å². The Bertz CT molecular complexity index is 353. The monoisotopic (exact) mass is 178 g/mol. The second kappa shape index (κ2) is 3.76. The number of hydrogen-bond acceptors (Lipinski definition) is 2. The molecule has 0 unspecified atom stereocenters. The van der Waals surface area contributed by atoms with Crippen LogP contribution in [0.2, 0.25) is 0 Å². The van der Waals surface area contributed by atoms with Gasteiger partial charge >= 0.3 is 5.97 Å². The maximum atomic E-state index is 10.6. The van der Waals surface area contributed by atoms with Gasteiger partial charge in [-0.15, -0.1) is 0 Å². The summed E-state index contributed by atoms with van der Waals surface area (Å²) in [4.78, 5) is 10.6. The zero-order valence-corrected chi connectivity index (χ0v) is 7.19. The molecule has 13 heavy (non-hydrogen) atoms. The number of hydrogen-bond donors (Lipinski definition) is 2. The summed E-state index contributed by atoms with van der Waals surface area (Å²) >= 11 is 0. The molecule has 0 saturated carbocycles. The van der Waals surface area contributed by atoms with E-state index in [4.69, 9.17) is 10.2 Å². The molecule has 3 heteroatoms. The van der Waals surface area contributed by atoms with Crippen LogP contribution >= 0.6 is 0 Å². The van der Waals surface area contributed by atoms with Gasteiger partial charge in [-0.3, -0.25) is 0 Å². The lowest BCUT2D eigenvalue weighted by Gasteiger charge is -2.00. The largest absolute Gasteiger partial charge is 0.516 e. The van der Waals surface area contributed by atoms with Crippen molar-refractivity contribution in [2.75, 3.05) is 0 Å². The normalized spacial score (nSPS) is 10.5. The van der Waals surface area contributed by atoms with Crippen LogP contribution in [0, 0.1) is 6.92 Å². The number of carboxylic acids is 1. The SMILES string of the molecule is Cc1cc(C=CO)ccc1C(=O)O. The second-order valence-corrected chi connectivity index (χ2v) is 2.70. The molecule has 1 aromatic rings. The van der Waals surface area contributed by atoms with E-state index in [1.807, 2.05) is 0 Å². The van der Waals surface area contributed by atoms with Crippen LogP contribution in [-0.4, -0.2) is 16.2 Å². The number of benzene rings is 1. The molecule has 0 atom stereocenters. The van der Waals surface area contributed by atoms with Crippen molar-refractivity contribution in [2.45, 2.75) is 6.92 Å². The molecule has 0 spiro atoms. The quantitative estimate of drug-likeness (QED) is 0.682. The zero-order chi connectivity index (χ0) is 9.84. The van der Waals surface area contributed by atoms with Crippen molar-refractivity contribution in [3.05, 3.63) is 41.2 Å². The summed E-state index contributed by atoms with van der Waals surface area (Å²) in [5.74, 6) is -0.933. The fraction of sp³-hybridized carbons (Fsp3) is 0.100. The first-order valence-corrected chi connectivity index (χ1v) is 3.80. The fourth-order valence-electron chi connectivity index (χ4n) is 1.12. The standard InChI is InChI=1S/C10H10O3/c1-7-6-8(4-5-11)2-3-9(7)10(12)13/h2-6,11H,1H3,(H,12,13). The van der Waals surface area contributed by atoms with Crippen LogP contribution in [0.25, 0.3) is 6.08 Å². The molecule has 68 valence electrons. The predicted octanol–water partition coefficient (Wildman–Crippen LogP) is 2.22. The van der Waals surface area contributed by atoms with Gasteiger partial charge in [-0.1, -0.05) is 12.1 Å². The molecule has 0 radical (unpaired) electrons. The van der Waals surface area contributed by atoms with Crippen LogP contribution < -0.4 is 0 Å². The first-order valence-electron chi connectivity index (χ1n) is 3.80. The van der Waals surface area contributed by atoms with Gasteiger partial charge < -0.3 is 10.2 Å². The molecule has 0 aliphatic heterocycles. The van der Waals surface area contributed by atoms with Crippen molar-refractivity contribution in [3.8, 4) is 0 Å². The molecule has 0 heterocycles. The van der Waals surface area contributed by atoms with Gasteiger partial charge in [0.2, 0.25) is 0 Å². The molecule has 0 aliphatic rings. The van der Waals surface area contributed by atoms with Crippen molar-refractivity contribution in [2.24, 2.45) is 0 Å². The number of aliphatic hydroxyl groups excluding tert-OH is 1. The number of carbonyl (C=O) groups is 1. The average Bonchev–Trinajstić information content (AvgIpc) is 2.04. The van der Waals surface area contributed by atoms with E-state index in [9.17, 15) is 4.79 Å². The maximum Gasteiger partial charge on any atom is 0.335 e. The Hall–Kier alpha value is -1.77. The molecule has 0 aromatic heterocycles. The molecule has 0 amide bonds. The molecule has 3 nitrogen and oxygen atoms in total. The van der Waals surface area contributed by atoms with Crippen molar-refractivity contribution in [3.63, 3.8) is 0 Å². The van der Waals surface area contributed by atoms with Gasteiger partial charge in [-0.05, 0) is 30.2 Å². The van der Waals surface area contributed by atoms with Gasteiger partial charge in [-0.25, -0.2) is 4.79 Å². The number of aliphatic hydroxyl groups is 1. The van der Waals surface area contributed by atoms with E-state index in [0.29, 0.717) is 5.56 Å². The van der Waals surface area contributed by atoms with E-state index in [0.717, 1.165) is 11.8 Å². The minimum absolute atomic E-state index is 0.287. The smallest absolute Gasteiger partial charge is 0.335 e. The van der Waals surface area contributed by atoms with Gasteiger partial charge in [0, 0.05) is 0 Å². The Labute approximate surface area is 76.0 Å². The third kappa shape index (κ3) is 2.08. The van der Waals surface area contributed by atoms with E-state index in [1.165, 1.54) is 12.1 Å². The Morgan fingerprint density at radius 3 is 2.62 bits per heavy atom. The summed E-state index contributed by atoms with van der Waals surface area (Å²) in [7, 11) is 0. The molecule has 1 rings (SSSR count). The predicted molar refractivity (Wildman–Crippen MR) is 49.8 cm³/mol. The van der Waals surface area contributed by atoms with Crippen LogP contribution in [-0.2, 0) is 0 Å². The minimum Gasteiger partial charge on any atom is -0.516 e. The van der Waals surface area contributed by atoms with Crippen molar-refractivity contribution in [1.82, 2.24) is 0 Å². The third-order valence-electron chi connectivity index (χ3n) is 1.75. The van der Waals surface area contributed by atoms with Gasteiger partial charge in [-0.2, -0.15) is 0 Å². The Kier molecular flexibility index (Phi) is 2.69. The Morgan fingerprint density at radius 2 is 2.15 bits per heavy atom. The summed E-state index contributed by atoms with van der Waals surface area (Å²) in [5, 5.41) is 17.2. The van der Waals surface area contributed by atoms with Crippen molar-refractivity contribution >= 4 is 12.0 Å². The van der Waals surface area contributed by atoms with E-state index < -0.39 is 5.97 Å². The van der Waals surface area contributed by atoms with Crippen LogP contribution in [0.5, 0.6) is 0 Å². The van der Waals surface area contributed by atoms with Crippen LogP contribution in [0.15, 0.2) is 24.5 Å². The molecular weight excluding hydrogens is 168 g/mol. The average molecular weight is 178 g/mol. The molecule has 0 saturated heterocycles. The van der Waals surface area contributed by atoms with E-state index in [-0.39, 0.29) is 5.56 Å². The summed E-state index contributed by atoms with van der Waals surface area (Å²) in [5.41, 5.74) is 1.75. The lowest BCUT2D eigenvalue weighted by atomic mass is 10.1. The number of carboxylic acid groups (broad SMARTS) is 1. The fourth-order valence-corrected chi connectivity index (χ4v) is 1.12. The highest BCUT2D eigenvalue weighted by Crippen LogP contribution is 2.11. The van der Waals surface area contributed by atoms with Crippen LogP contribution in [0.1, 0.15) is 21.5 Å². The molecule has 0 bridgehead atoms. The van der Waals surface area contributed by atoms with Crippen molar-refractivity contribution in [1.29, 1.82) is 0 Å². The van der Waals surface area contributed by atoms with Crippen LogP contribution in [0.4, 0.5) is 0 Å². The molecule has 2 N–H and O–H groups in total. The van der Waals surface area contributed by atoms with E-state index in [2.05, 4.69) is 0 Å². The first-order chi connectivity index (χ1) is 6.15. The molecular formula is C10H10O3. The minimum atomic E-state index is -0.933. The highest BCUT2D eigenvalue weighted by atomic mass is 16.4. The summed E-state index contributed by atoms with van der Waals surface area (Å²) < 4.78 is 0. The lowest BCUT2D eigenvalue weighted by Crippen LogP contribution is -1.99. The van der Waals surface area contributed by atoms with E-state index >= 15 is 0 Å². The van der Waals surface area contributed by atoms with Crippen molar-refractivity contribution < 1.29 is 15.0 Å². The number of rotatable bonds is 2. The third-order valence-corrected chi connectivity index (χ3v) is 1.75. The van der Waals surface area contributed by atoms with Crippen LogP contribution in [0.3, 0.4) is 0 Å². The maximum absolute atomic E-state index is 10.6. The highest BCUT2D eigenvalue weighted by Gasteiger charge is 2.05. The number of aromatic carboxylic acids is 1. The summed E-state index contributed by atoms with van der Waals surface area (Å²) in [6.07, 6.45) is 2.42. The number of aryl methyl sites for hydroxylation is 1. The topological polar surface area (TPSA) is 57.5 Å². The van der Waals surface area contributed by atoms with Gasteiger partial charge in [0.15, 0.2) is 0 Å². The molecule has 0 aliphatic carbocycles.